The fourth-order valence-corrected chi connectivity index (χ4v) is 6.66. The molecule has 0 bridgehead atoms. The van der Waals surface area contributed by atoms with Gasteiger partial charge in [0.1, 0.15) is 12.7 Å². The van der Waals surface area contributed by atoms with E-state index in [1.54, 1.807) is 19.4 Å². The van der Waals surface area contributed by atoms with Crippen LogP contribution in [0.25, 0.3) is 22.2 Å². The zero-order chi connectivity index (χ0) is 26.6. The van der Waals surface area contributed by atoms with Gasteiger partial charge in [0, 0.05) is 47.8 Å². The van der Waals surface area contributed by atoms with E-state index in [9.17, 15) is 17.7 Å². The topological polar surface area (TPSA) is 106 Å². The van der Waals surface area contributed by atoms with Crippen molar-refractivity contribution in [2.45, 2.75) is 57.2 Å². The van der Waals surface area contributed by atoms with Gasteiger partial charge in [0.2, 0.25) is 5.95 Å². The monoisotopic (exact) mass is 537 g/mol. The van der Waals surface area contributed by atoms with Crippen LogP contribution in [0.3, 0.4) is 0 Å². The molecule has 0 saturated heterocycles. The van der Waals surface area contributed by atoms with Crippen LogP contribution >= 0.6 is 7.14 Å². The zero-order valence-corrected chi connectivity index (χ0v) is 22.2. The second-order valence-corrected chi connectivity index (χ2v) is 13.1. The molecule has 0 atom stereocenters. The first kappa shape index (κ1) is 27.6. The maximum absolute atomic E-state index is 14.0. The van der Waals surface area contributed by atoms with E-state index in [0.717, 1.165) is 50.3 Å². The summed E-state index contributed by atoms with van der Waals surface area (Å²) in [4.78, 5) is 11.4. The smallest absolute Gasteiger partial charge is 0.380 e. The first-order chi connectivity index (χ1) is 17.6. The van der Waals surface area contributed by atoms with Gasteiger partial charge in [-0.1, -0.05) is 25.0 Å². The first-order valence-corrected chi connectivity index (χ1v) is 15.4. The van der Waals surface area contributed by atoms with E-state index in [1.807, 2.05) is 6.07 Å². The van der Waals surface area contributed by atoms with Crippen molar-refractivity contribution < 1.29 is 22.5 Å². The predicted molar refractivity (Wildman–Crippen MR) is 142 cm³/mol. The van der Waals surface area contributed by atoms with Gasteiger partial charge < -0.3 is 25.3 Å². The molecule has 4 N–H and O–H groups in total. The van der Waals surface area contributed by atoms with Crippen molar-refractivity contribution in [2.75, 3.05) is 38.4 Å². The third kappa shape index (κ3) is 6.54. The zero-order valence-electron chi connectivity index (χ0n) is 21.3. The molecule has 0 aliphatic heterocycles. The maximum atomic E-state index is 14.0. The van der Waals surface area contributed by atoms with Gasteiger partial charge in [0.05, 0.1) is 17.8 Å². The number of unbranched alkanes of at least 4 members (excludes halogenated alkanes) is 1. The molecule has 1 aliphatic rings. The minimum atomic E-state index is -4.62. The molecule has 4 rings (SSSR count). The van der Waals surface area contributed by atoms with Gasteiger partial charge in [-0.2, -0.15) is 13.2 Å². The number of fused-ring (bicyclic) bond motifs is 1. The van der Waals surface area contributed by atoms with E-state index in [-0.39, 0.29) is 17.7 Å². The summed E-state index contributed by atoms with van der Waals surface area (Å²) in [6.07, 6.45) is 4.16. The minimum Gasteiger partial charge on any atom is -0.380 e. The molecule has 0 unspecified atom stereocenters. The number of nitrogens with two attached hydrogens (primary N) is 1. The van der Waals surface area contributed by atoms with Crippen LogP contribution in [0.2, 0.25) is 0 Å². The van der Waals surface area contributed by atoms with Gasteiger partial charge >= 0.3 is 6.18 Å². The average molecular weight is 538 g/mol. The highest BCUT2D eigenvalue weighted by molar-refractivity contribution is 7.70. The number of alkyl halides is 3. The number of benzene rings is 1. The van der Waals surface area contributed by atoms with Gasteiger partial charge in [0.15, 0.2) is 0 Å². The number of halogens is 3. The van der Waals surface area contributed by atoms with Crippen LogP contribution in [0.4, 0.5) is 19.1 Å². The molecule has 0 spiro atoms. The van der Waals surface area contributed by atoms with Crippen LogP contribution < -0.4 is 16.4 Å². The lowest BCUT2D eigenvalue weighted by Gasteiger charge is -2.17. The molecule has 37 heavy (non-hydrogen) atoms. The van der Waals surface area contributed by atoms with Gasteiger partial charge in [0.25, 0.3) is 0 Å². The molecule has 1 fully saturated rings. The molecular weight excluding hydrogens is 502 g/mol. The number of rotatable bonds is 11. The molecule has 1 aromatic carbocycles. The quantitative estimate of drug-likeness (QED) is 0.219. The molecule has 2 heterocycles. The Hall–Kier alpha value is -2.42. The first-order valence-electron chi connectivity index (χ1n) is 12.8. The Morgan fingerprint density at radius 1 is 1.19 bits per heavy atom. The highest BCUT2D eigenvalue weighted by atomic mass is 31.2. The van der Waals surface area contributed by atoms with Crippen LogP contribution in [-0.2, 0) is 21.9 Å². The number of nitrogens with zero attached hydrogens (tertiary/aromatic N) is 2. The SMILES string of the molecule is CP(C)(=O)c1c(CCCCOCCN)ccc2c(-c3nc(NC4CCCC4)ncc3C(F)(F)F)c[nH]c12. The average Bonchev–Trinajstić information content (AvgIpc) is 3.49. The number of anilines is 1. The summed E-state index contributed by atoms with van der Waals surface area (Å²) in [5, 5.41) is 4.43. The number of aromatic amines is 1. The van der Waals surface area contributed by atoms with Crippen molar-refractivity contribution >= 4 is 29.3 Å². The third-order valence-electron chi connectivity index (χ3n) is 6.74. The summed E-state index contributed by atoms with van der Waals surface area (Å²) in [7, 11) is -2.77. The molecule has 2 aromatic heterocycles. The second-order valence-electron chi connectivity index (χ2n) is 9.99. The Labute approximate surface area is 215 Å². The Morgan fingerprint density at radius 2 is 1.95 bits per heavy atom. The summed E-state index contributed by atoms with van der Waals surface area (Å²) < 4.78 is 60.8. The van der Waals surface area contributed by atoms with Crippen molar-refractivity contribution in [3.63, 3.8) is 0 Å². The lowest BCUT2D eigenvalue weighted by atomic mass is 10.0. The molecular formula is C26H35F3N5O2P. The Bertz CT molecular complexity index is 1270. The largest absolute Gasteiger partial charge is 0.419 e. The number of hydrogen-bond donors (Lipinski definition) is 3. The van der Waals surface area contributed by atoms with Crippen LogP contribution in [-0.4, -0.2) is 54.1 Å². The van der Waals surface area contributed by atoms with Gasteiger partial charge in [-0.15, -0.1) is 0 Å². The summed E-state index contributed by atoms with van der Waals surface area (Å²) in [6.45, 7) is 4.97. The number of hydrogen-bond acceptors (Lipinski definition) is 6. The normalized spacial score (nSPS) is 15.1. The fourth-order valence-electron chi connectivity index (χ4n) is 5.06. The van der Waals surface area contributed by atoms with Crippen LogP contribution in [0.15, 0.2) is 24.5 Å². The van der Waals surface area contributed by atoms with Gasteiger partial charge in [-0.3, -0.25) is 0 Å². The van der Waals surface area contributed by atoms with E-state index >= 15 is 0 Å². The third-order valence-corrected chi connectivity index (χ3v) is 8.32. The lowest BCUT2D eigenvalue weighted by Crippen LogP contribution is -2.18. The molecule has 1 saturated carbocycles. The van der Waals surface area contributed by atoms with Crippen molar-refractivity contribution in [3.8, 4) is 11.3 Å². The highest BCUT2D eigenvalue weighted by Gasteiger charge is 2.36. The molecule has 202 valence electrons. The number of H-pyrrole nitrogens is 1. The molecule has 0 radical (unpaired) electrons. The maximum Gasteiger partial charge on any atom is 0.419 e. The van der Waals surface area contributed by atoms with E-state index in [1.165, 1.54) is 6.20 Å². The van der Waals surface area contributed by atoms with Gasteiger partial charge in [-0.05, 0) is 51.0 Å². The van der Waals surface area contributed by atoms with E-state index in [4.69, 9.17) is 10.5 Å². The summed E-state index contributed by atoms with van der Waals surface area (Å²) in [5.41, 5.74) is 6.19. The predicted octanol–water partition coefficient (Wildman–Crippen LogP) is 5.54. The summed E-state index contributed by atoms with van der Waals surface area (Å²) in [6, 6.07) is 3.84. The second kappa shape index (κ2) is 11.5. The van der Waals surface area contributed by atoms with E-state index in [0.29, 0.717) is 48.0 Å². The number of aromatic nitrogens is 3. The van der Waals surface area contributed by atoms with Crippen molar-refractivity contribution in [1.82, 2.24) is 15.0 Å². The summed E-state index contributed by atoms with van der Waals surface area (Å²) >= 11 is 0. The van der Waals surface area contributed by atoms with Crippen molar-refractivity contribution in [1.29, 1.82) is 0 Å². The fraction of sp³-hybridized carbons (Fsp3) is 0.538. The number of nitrogens with one attached hydrogen (secondary N) is 2. The van der Waals surface area contributed by atoms with Crippen LogP contribution in [0, 0.1) is 0 Å². The highest BCUT2D eigenvalue weighted by Crippen LogP contribution is 2.43. The summed E-state index contributed by atoms with van der Waals surface area (Å²) in [5.74, 6) is 0.189. The van der Waals surface area contributed by atoms with Crippen molar-refractivity contribution in [3.05, 3.63) is 35.7 Å². The number of aryl methyl sites for hydroxylation is 1. The Balaban J connectivity index is 1.72. The lowest BCUT2D eigenvalue weighted by molar-refractivity contribution is -0.137. The van der Waals surface area contributed by atoms with Crippen molar-refractivity contribution in [2.24, 2.45) is 5.73 Å². The Morgan fingerprint density at radius 3 is 2.62 bits per heavy atom. The van der Waals surface area contributed by atoms with E-state index < -0.39 is 18.9 Å². The van der Waals surface area contributed by atoms with Crippen LogP contribution in [0.1, 0.15) is 49.7 Å². The van der Waals surface area contributed by atoms with Crippen LogP contribution in [0.5, 0.6) is 0 Å². The molecule has 1 aliphatic carbocycles. The van der Waals surface area contributed by atoms with Gasteiger partial charge in [-0.25, -0.2) is 9.97 Å². The number of ether oxygens (including phenoxy) is 1. The van der Waals surface area contributed by atoms with E-state index in [2.05, 4.69) is 20.3 Å². The molecule has 7 nitrogen and oxygen atoms in total. The molecule has 11 heteroatoms. The molecule has 0 amide bonds. The molecule has 3 aromatic rings. The standard InChI is InChI=1S/C26H35F3N5O2P/c1-37(2,35)24-17(7-5-6-13-36-14-12-30)10-11-19-20(15-31-23(19)24)22-21(26(27,28)29)16-32-25(34-22)33-18-8-3-4-9-18/h10-11,15-16,18,31H,3-9,12-14,30H2,1-2H3,(H,32,33,34). The Kier molecular flexibility index (Phi) is 8.61. The minimum absolute atomic E-state index is 0.161.